The van der Waals surface area contributed by atoms with Crippen LogP contribution in [0.25, 0.3) is 0 Å². The molecule has 5 amide bonds. The standard InChI is InChI=1S/C22H23N4O8.C5H9N.C4H10N2O.Fm/c1-14(2)20(24-13-27)21(29)23-11-19(28)25-16-5-3-15(4-6-16)12-33-22(30)34-18-9-7-17(8-10-18)26(31)32;1-3-4-5-6-2;1-2-3-6-4(5)7;/h3-10,14,20H,11-12H2,1-2H3,(H,23,29)(H,24,27)(H,25,28);3-6H,1H2,2H3;2-3H2,1H3,(H3,5,6,7);/q-1;;;/b;5-4-;;. The summed E-state index contributed by atoms with van der Waals surface area (Å²) in [6, 6.07) is 10.1. The maximum Gasteiger partial charge on any atom is 0.514 e. The molecule has 0 aromatic heterocycles. The first kappa shape index (κ1) is 43.2. The van der Waals surface area contributed by atoms with E-state index < -0.39 is 35.0 Å². The average molecular weight is 914 g/mol. The van der Waals surface area contributed by atoms with Crippen molar-refractivity contribution in [1.29, 1.82) is 0 Å². The van der Waals surface area contributed by atoms with E-state index >= 15 is 0 Å². The molecule has 0 spiro atoms. The van der Waals surface area contributed by atoms with Crippen LogP contribution in [0, 0.1) is 16.0 Å². The number of nitrogens with two attached hydrogens (primary N) is 1. The second-order valence-electron chi connectivity index (χ2n) is 9.50. The molecular formula is C31H42FmN7O9-. The summed E-state index contributed by atoms with van der Waals surface area (Å²) in [6.07, 6.45) is 6.79. The third kappa shape index (κ3) is 20.1. The minimum absolute atomic E-state index is 0. The van der Waals surface area contributed by atoms with E-state index in [4.69, 9.17) is 15.2 Å². The summed E-state index contributed by atoms with van der Waals surface area (Å²) in [5.74, 6) is -1.05. The molecule has 0 saturated heterocycles. The van der Waals surface area contributed by atoms with Gasteiger partial charge in [0.1, 0.15) is 12.4 Å². The molecule has 2 rings (SSSR count). The molecule has 0 saturated carbocycles. The molecule has 48 heavy (non-hydrogen) atoms. The number of carbonyl (C=O) groups excluding carboxylic acids is 5. The van der Waals surface area contributed by atoms with Crippen LogP contribution in [-0.4, -0.2) is 61.5 Å². The Balaban J connectivity index is 0. The van der Waals surface area contributed by atoms with Crippen LogP contribution < -0.4 is 37.1 Å². The molecule has 0 radical (unpaired) electrons. The number of anilines is 1. The number of non-ortho nitro benzene ring substituents is 1. The summed E-state index contributed by atoms with van der Waals surface area (Å²) in [6.45, 7) is 9.21. The zero-order valence-corrected chi connectivity index (χ0v) is 29.4. The SMILES string of the molecule is C=C/C=C\NC.CC(C)C(N[C-]=O)C(=O)NCC(=O)Nc1ccc(COC(=O)Oc2ccc([N+](=O)[O-])cc2)cc1.CCCNC(N)=O.[Fm]. The normalized spacial score (nSPS) is 10.2. The van der Waals surface area contributed by atoms with Crippen LogP contribution in [0.5, 0.6) is 5.75 Å². The van der Waals surface area contributed by atoms with Gasteiger partial charge in [-0.25, -0.2) is 9.59 Å². The second-order valence-corrected chi connectivity index (χ2v) is 9.50. The maximum absolute atomic E-state index is 12.1. The number of allylic oxidation sites excluding steroid dienone is 2. The Kier molecular flexibility index (Phi) is 22.9. The van der Waals surface area contributed by atoms with E-state index in [1.54, 1.807) is 44.2 Å². The molecule has 2 aromatic rings. The van der Waals surface area contributed by atoms with Gasteiger partial charge in [0.2, 0.25) is 11.8 Å². The molecule has 0 heterocycles. The fourth-order valence-corrected chi connectivity index (χ4v) is 3.08. The van der Waals surface area contributed by atoms with Crippen LogP contribution in [0.15, 0.2) is 73.5 Å². The number of nitro groups is 1. The summed E-state index contributed by atoms with van der Waals surface area (Å²) in [4.78, 5) is 66.3. The van der Waals surface area contributed by atoms with Crippen molar-refractivity contribution in [1.82, 2.24) is 21.3 Å². The van der Waals surface area contributed by atoms with Crippen LogP contribution in [0.2, 0.25) is 0 Å². The number of hydrogen-bond donors (Lipinski definition) is 6. The van der Waals surface area contributed by atoms with Crippen molar-refractivity contribution in [3.05, 3.63) is 89.1 Å². The quantitative estimate of drug-likeness (QED) is 0.0291. The molecule has 268 valence electrons. The molecule has 7 N–H and O–H groups in total. The first-order chi connectivity index (χ1) is 22.4. The number of benzene rings is 2. The van der Waals surface area contributed by atoms with Crippen molar-refractivity contribution < 1.29 is 38.4 Å². The van der Waals surface area contributed by atoms with Gasteiger partial charge in [0, 0.05) is 31.4 Å². The van der Waals surface area contributed by atoms with E-state index in [1.807, 2.05) is 26.2 Å². The predicted molar refractivity (Wildman–Crippen MR) is 176 cm³/mol. The van der Waals surface area contributed by atoms with E-state index in [2.05, 4.69) is 33.2 Å². The molecule has 16 nitrogen and oxygen atoms in total. The van der Waals surface area contributed by atoms with Gasteiger partial charge in [0.05, 0.1) is 17.5 Å². The minimum Gasteiger partial charge on any atom is -0.520 e. The van der Waals surface area contributed by atoms with Gasteiger partial charge in [0.25, 0.3) is 5.69 Å². The zero-order valence-electron chi connectivity index (χ0n) is 27.0. The number of amides is 5. The third-order valence-corrected chi connectivity index (χ3v) is 5.38. The molecule has 0 aliphatic carbocycles. The Morgan fingerprint density at radius 1 is 1.06 bits per heavy atom. The van der Waals surface area contributed by atoms with Crippen molar-refractivity contribution in [2.75, 3.05) is 25.5 Å². The Hall–Kier alpha value is -6.93. The Morgan fingerprint density at radius 3 is 2.12 bits per heavy atom. The number of carbonyl (C=O) groups is 4. The molecule has 0 bridgehead atoms. The van der Waals surface area contributed by atoms with E-state index in [1.165, 1.54) is 30.7 Å². The Labute approximate surface area is 273 Å². The van der Waals surface area contributed by atoms with Crippen LogP contribution in [0.3, 0.4) is 0 Å². The Morgan fingerprint density at radius 2 is 1.69 bits per heavy atom. The van der Waals surface area contributed by atoms with Crippen LogP contribution >= 0.6 is 0 Å². The monoisotopic (exact) mass is 913 g/mol. The van der Waals surface area contributed by atoms with Gasteiger partial charge in [-0.15, -0.1) is 0 Å². The number of nitrogens with zero attached hydrogens (tertiary/aromatic N) is 1. The van der Waals surface area contributed by atoms with Gasteiger partial charge in [-0.05, 0) is 54.4 Å². The van der Waals surface area contributed by atoms with Crippen molar-refractivity contribution in [3.63, 3.8) is 0 Å². The van der Waals surface area contributed by atoms with Gasteiger partial charge in [-0.2, -0.15) is 6.41 Å². The number of nitrogens with one attached hydrogen (secondary N) is 5. The van der Waals surface area contributed by atoms with E-state index in [-0.39, 0.29) is 30.5 Å². The van der Waals surface area contributed by atoms with Crippen molar-refractivity contribution in [2.24, 2.45) is 11.7 Å². The molecule has 0 fully saturated rings. The van der Waals surface area contributed by atoms with Gasteiger partial charge >= 0.3 is 12.2 Å². The number of rotatable bonds is 15. The van der Waals surface area contributed by atoms with Crippen molar-refractivity contribution in [3.8, 4) is 5.75 Å². The van der Waals surface area contributed by atoms with Gasteiger partial charge in [0.15, 0.2) is 0 Å². The average Bonchev–Trinajstić information content (AvgIpc) is 3.04. The summed E-state index contributed by atoms with van der Waals surface area (Å²) in [5, 5.41) is 23.2. The number of hydrogen-bond acceptors (Lipinski definition) is 10. The summed E-state index contributed by atoms with van der Waals surface area (Å²) < 4.78 is 9.93. The second kappa shape index (κ2) is 25.4. The number of urea groups is 1. The Bertz CT molecular complexity index is 1320. The number of nitro benzene ring substituents is 1. The molecule has 2 aromatic carbocycles. The van der Waals surface area contributed by atoms with Crippen LogP contribution in [0.4, 0.5) is 21.0 Å². The molecule has 0 aliphatic rings. The molecule has 1 atom stereocenters. The van der Waals surface area contributed by atoms with Gasteiger partial charge in [-0.3, -0.25) is 19.7 Å². The molecule has 0 aliphatic heterocycles. The summed E-state index contributed by atoms with van der Waals surface area (Å²) in [7, 11) is 1.85. The van der Waals surface area contributed by atoms with Gasteiger partial charge < -0.3 is 46.6 Å². The van der Waals surface area contributed by atoms with Crippen molar-refractivity contribution >= 4 is 41.8 Å². The smallest absolute Gasteiger partial charge is 0.514 e. The molecular weight excluding hydrogens is 871 g/mol. The number of primary amides is 1. The van der Waals surface area contributed by atoms with Gasteiger partial charge in [-0.1, -0.05) is 45.6 Å². The fourth-order valence-electron chi connectivity index (χ4n) is 3.08. The first-order valence-corrected chi connectivity index (χ1v) is 14.2. The zero-order chi connectivity index (χ0) is 35.6. The maximum atomic E-state index is 12.1. The third-order valence-electron chi connectivity index (χ3n) is 5.38. The van der Waals surface area contributed by atoms with E-state index in [9.17, 15) is 34.1 Å². The summed E-state index contributed by atoms with van der Waals surface area (Å²) >= 11 is 0. The minimum atomic E-state index is -0.983. The van der Waals surface area contributed by atoms with E-state index in [0.29, 0.717) is 17.8 Å². The molecule has 1 unspecified atom stereocenters. The molecule has 17 heteroatoms. The fraction of sp³-hybridized carbons (Fsp3) is 0.323. The van der Waals surface area contributed by atoms with Crippen LogP contribution in [0.1, 0.15) is 32.8 Å². The van der Waals surface area contributed by atoms with Crippen molar-refractivity contribution in [2.45, 2.75) is 39.8 Å². The topological polar surface area (TPSA) is 233 Å². The predicted octanol–water partition coefficient (Wildman–Crippen LogP) is 3.02. The number of ether oxygens (including phenoxy) is 2. The largest absolute Gasteiger partial charge is 0.520 e. The first-order valence-electron chi connectivity index (χ1n) is 14.2. The van der Waals surface area contributed by atoms with Crippen LogP contribution in [-0.2, 0) is 25.7 Å². The summed E-state index contributed by atoms with van der Waals surface area (Å²) in [5.41, 5.74) is 5.66. The van der Waals surface area contributed by atoms with E-state index in [0.717, 1.165) is 6.42 Å².